The van der Waals surface area contributed by atoms with Gasteiger partial charge in [0.05, 0.1) is 23.3 Å². The highest BCUT2D eigenvalue weighted by Gasteiger charge is 2.32. The Balaban J connectivity index is 1.54. The summed E-state index contributed by atoms with van der Waals surface area (Å²) >= 11 is 5.69. The number of rotatable bonds is 7. The molecular weight excluding hydrogens is 709 g/mol. The van der Waals surface area contributed by atoms with E-state index >= 15 is 0 Å². The van der Waals surface area contributed by atoms with Crippen molar-refractivity contribution in [2.24, 2.45) is 4.99 Å². The molecular formula is C26H19FI2N2O4S. The number of carboxylic acids is 1. The molecule has 0 atom stereocenters. The maximum atomic E-state index is 13.1. The largest absolute Gasteiger partial charge is 0.487 e. The third-order valence-corrected chi connectivity index (χ3v) is 7.77. The van der Waals surface area contributed by atoms with Crippen LogP contribution >= 0.6 is 56.9 Å². The van der Waals surface area contributed by atoms with Crippen molar-refractivity contribution >= 4 is 85.8 Å². The summed E-state index contributed by atoms with van der Waals surface area (Å²) in [5, 5.41) is 9.62. The Morgan fingerprint density at radius 1 is 1.11 bits per heavy atom. The molecule has 1 aliphatic rings. The van der Waals surface area contributed by atoms with Crippen LogP contribution in [0.4, 0.5) is 10.1 Å². The molecule has 3 aromatic carbocycles. The Labute approximate surface area is 238 Å². The molecule has 1 N–H and O–H groups in total. The van der Waals surface area contributed by atoms with Crippen molar-refractivity contribution in [3.63, 3.8) is 0 Å². The normalized spacial score (nSPS) is 15.7. The summed E-state index contributed by atoms with van der Waals surface area (Å²) in [6.07, 6.45) is 1.83. The lowest BCUT2D eigenvalue weighted by molar-refractivity contribution is -0.122. The number of halogens is 3. The summed E-state index contributed by atoms with van der Waals surface area (Å²) in [5.41, 5.74) is 2.47. The van der Waals surface area contributed by atoms with Crippen molar-refractivity contribution in [1.29, 1.82) is 0 Å². The number of benzene rings is 3. The first kappa shape index (κ1) is 26.6. The van der Waals surface area contributed by atoms with Crippen LogP contribution in [0.1, 0.15) is 28.4 Å². The average molecular weight is 728 g/mol. The number of hydrogen-bond acceptors (Lipinski definition) is 5. The van der Waals surface area contributed by atoms with E-state index in [2.05, 4.69) is 50.2 Å². The summed E-state index contributed by atoms with van der Waals surface area (Å²) in [7, 11) is 0. The van der Waals surface area contributed by atoms with Crippen molar-refractivity contribution in [1.82, 2.24) is 4.90 Å². The van der Waals surface area contributed by atoms with Gasteiger partial charge in [-0.05, 0) is 130 Å². The van der Waals surface area contributed by atoms with E-state index in [9.17, 15) is 14.0 Å². The smallest absolute Gasteiger partial charge is 0.335 e. The summed E-state index contributed by atoms with van der Waals surface area (Å²) in [6.45, 7) is 2.66. The molecule has 4 rings (SSSR count). The highest BCUT2D eigenvalue weighted by atomic mass is 127. The third-order valence-electron chi connectivity index (χ3n) is 5.16. The van der Waals surface area contributed by atoms with Crippen LogP contribution in [-0.2, 0) is 11.4 Å². The number of amidine groups is 1. The van der Waals surface area contributed by atoms with Gasteiger partial charge >= 0.3 is 5.97 Å². The second-order valence-corrected chi connectivity index (χ2v) is 11.0. The maximum Gasteiger partial charge on any atom is 0.335 e. The van der Waals surface area contributed by atoms with E-state index in [0.717, 1.165) is 24.0 Å². The van der Waals surface area contributed by atoms with E-state index in [1.165, 1.54) is 36.0 Å². The zero-order chi connectivity index (χ0) is 25.8. The minimum Gasteiger partial charge on any atom is -0.487 e. The predicted octanol–water partition coefficient (Wildman–Crippen LogP) is 6.94. The Bertz CT molecular complexity index is 1350. The highest BCUT2D eigenvalue weighted by molar-refractivity contribution is 14.1. The second kappa shape index (κ2) is 11.7. The third kappa shape index (κ3) is 6.27. The second-order valence-electron chi connectivity index (χ2n) is 7.64. The number of thioether (sulfide) groups is 1. The molecule has 0 bridgehead atoms. The first-order valence-electron chi connectivity index (χ1n) is 10.7. The van der Waals surface area contributed by atoms with Gasteiger partial charge in [-0.25, -0.2) is 14.2 Å². The zero-order valence-corrected chi connectivity index (χ0v) is 24.0. The van der Waals surface area contributed by atoms with Crippen LogP contribution < -0.4 is 4.74 Å². The molecule has 0 aromatic heterocycles. The molecule has 6 nitrogen and oxygen atoms in total. The van der Waals surface area contributed by atoms with Crippen LogP contribution in [0.15, 0.2) is 70.6 Å². The van der Waals surface area contributed by atoms with Gasteiger partial charge in [-0.1, -0.05) is 12.1 Å². The van der Waals surface area contributed by atoms with Gasteiger partial charge in [-0.15, -0.1) is 0 Å². The van der Waals surface area contributed by atoms with Gasteiger partial charge in [0.2, 0.25) is 0 Å². The molecule has 0 radical (unpaired) electrons. The quantitative estimate of drug-likeness (QED) is 0.211. The highest BCUT2D eigenvalue weighted by Crippen LogP contribution is 2.36. The molecule has 36 heavy (non-hydrogen) atoms. The molecule has 1 fully saturated rings. The van der Waals surface area contributed by atoms with E-state index in [-0.39, 0.29) is 17.3 Å². The molecule has 1 amide bonds. The Morgan fingerprint density at radius 2 is 1.75 bits per heavy atom. The number of carbonyl (C=O) groups excluding carboxylic acids is 1. The fraction of sp³-hybridized carbons (Fsp3) is 0.115. The molecule has 1 aliphatic heterocycles. The van der Waals surface area contributed by atoms with Crippen molar-refractivity contribution < 1.29 is 23.8 Å². The Hall–Kier alpha value is -2.45. The molecule has 0 unspecified atom stereocenters. The van der Waals surface area contributed by atoms with Gasteiger partial charge in [-0.2, -0.15) is 0 Å². The first-order chi connectivity index (χ1) is 17.2. The minimum absolute atomic E-state index is 0.134. The Kier molecular flexibility index (Phi) is 8.67. The lowest BCUT2D eigenvalue weighted by Crippen LogP contribution is -2.28. The number of nitrogens with zero attached hydrogens (tertiary/aromatic N) is 2. The number of hydrogen-bond donors (Lipinski definition) is 1. The zero-order valence-electron chi connectivity index (χ0n) is 18.9. The van der Waals surface area contributed by atoms with Crippen LogP contribution in [0.2, 0.25) is 0 Å². The van der Waals surface area contributed by atoms with Gasteiger partial charge in [-0.3, -0.25) is 9.69 Å². The van der Waals surface area contributed by atoms with Crippen molar-refractivity contribution in [2.75, 3.05) is 6.54 Å². The molecule has 0 spiro atoms. The molecule has 0 aliphatic carbocycles. The van der Waals surface area contributed by atoms with E-state index in [0.29, 0.717) is 28.9 Å². The van der Waals surface area contributed by atoms with Crippen LogP contribution in [-0.4, -0.2) is 33.6 Å². The average Bonchev–Trinajstić information content (AvgIpc) is 3.13. The number of carboxylic acid groups (broad SMARTS) is 1. The van der Waals surface area contributed by atoms with Gasteiger partial charge in [0.15, 0.2) is 5.17 Å². The molecule has 1 saturated heterocycles. The molecule has 0 saturated carbocycles. The minimum atomic E-state index is -1.00. The van der Waals surface area contributed by atoms with Crippen LogP contribution in [0, 0.1) is 13.0 Å². The standard InChI is InChI=1S/C26H19FI2N2O4S/c1-2-31-24(32)22(36-26(31)30-19-9-5-17(6-10-19)25(33)34)13-16-11-20(28)23(21(29)12-16)35-14-15-3-7-18(27)8-4-15/h3-13H,2,14H2,1H3,(H,33,34)/b22-13-,30-26?. The SMILES string of the molecule is CCN1C(=O)/C(=C/c2cc(I)c(OCc3ccc(F)cc3)c(I)c2)SC1=Nc1ccc(C(=O)O)cc1. The molecule has 3 aromatic rings. The molecule has 184 valence electrons. The van der Waals surface area contributed by atoms with E-state index in [1.54, 1.807) is 29.2 Å². The van der Waals surface area contributed by atoms with Gasteiger partial charge in [0.1, 0.15) is 18.2 Å². The number of aromatic carboxylic acids is 1. The van der Waals surface area contributed by atoms with E-state index in [4.69, 9.17) is 9.84 Å². The van der Waals surface area contributed by atoms with Gasteiger partial charge in [0.25, 0.3) is 5.91 Å². The van der Waals surface area contributed by atoms with Crippen molar-refractivity contribution in [2.45, 2.75) is 13.5 Å². The number of carbonyl (C=O) groups is 2. The number of likely N-dealkylation sites (N-methyl/N-ethyl adjacent to an activating group) is 1. The summed E-state index contributed by atoms with van der Waals surface area (Å²) in [4.78, 5) is 30.8. The first-order valence-corrected chi connectivity index (χ1v) is 13.7. The van der Waals surface area contributed by atoms with E-state index in [1.807, 2.05) is 25.1 Å². The van der Waals surface area contributed by atoms with Crippen molar-refractivity contribution in [3.8, 4) is 5.75 Å². The number of ether oxygens (including phenoxy) is 1. The summed E-state index contributed by atoms with van der Waals surface area (Å²) in [5.74, 6) is -0.692. The van der Waals surface area contributed by atoms with Crippen molar-refractivity contribution in [3.05, 3.63) is 95.2 Å². The monoisotopic (exact) mass is 728 g/mol. The Morgan fingerprint density at radius 3 is 2.33 bits per heavy atom. The summed E-state index contributed by atoms with van der Waals surface area (Å²) in [6, 6.07) is 16.3. The topological polar surface area (TPSA) is 79.2 Å². The fourth-order valence-electron chi connectivity index (χ4n) is 3.35. The van der Waals surface area contributed by atoms with Crippen LogP contribution in [0.3, 0.4) is 0 Å². The van der Waals surface area contributed by atoms with Gasteiger partial charge in [0, 0.05) is 6.54 Å². The summed E-state index contributed by atoms with van der Waals surface area (Å²) < 4.78 is 20.9. The number of aliphatic imine (C=N–C) groups is 1. The maximum absolute atomic E-state index is 13.1. The predicted molar refractivity (Wildman–Crippen MR) is 156 cm³/mol. The van der Waals surface area contributed by atoms with Gasteiger partial charge < -0.3 is 9.84 Å². The lowest BCUT2D eigenvalue weighted by Gasteiger charge is -2.12. The van der Waals surface area contributed by atoms with E-state index < -0.39 is 5.97 Å². The number of amides is 1. The fourth-order valence-corrected chi connectivity index (χ4v) is 6.54. The van der Waals surface area contributed by atoms with Crippen LogP contribution in [0.5, 0.6) is 5.75 Å². The molecule has 10 heteroatoms. The van der Waals surface area contributed by atoms with Crippen LogP contribution in [0.25, 0.3) is 6.08 Å². The molecule has 1 heterocycles. The lowest BCUT2D eigenvalue weighted by atomic mass is 10.2.